The Morgan fingerprint density at radius 1 is 0.840 bits per heavy atom. The van der Waals surface area contributed by atoms with Gasteiger partial charge in [-0.2, -0.15) is 0 Å². The maximum Gasteiger partial charge on any atom is 0.0630 e. The number of anilines is 1. The van der Waals surface area contributed by atoms with E-state index in [4.69, 9.17) is 0 Å². The molecule has 0 saturated carbocycles. The van der Waals surface area contributed by atoms with E-state index in [9.17, 15) is 0 Å². The van der Waals surface area contributed by atoms with Gasteiger partial charge in [-0.3, -0.25) is 4.99 Å². The van der Waals surface area contributed by atoms with Crippen LogP contribution < -0.4 is 4.90 Å². The first kappa shape index (κ1) is 17.0. The molecule has 0 unspecified atom stereocenters. The van der Waals surface area contributed by atoms with Crippen LogP contribution in [0.4, 0.5) is 11.4 Å². The Hall–Kier alpha value is -2.87. The van der Waals surface area contributed by atoms with Crippen molar-refractivity contribution in [1.29, 1.82) is 0 Å². The van der Waals surface area contributed by atoms with Gasteiger partial charge in [0.2, 0.25) is 0 Å². The highest BCUT2D eigenvalue weighted by atomic mass is 15.1. The van der Waals surface area contributed by atoms with Crippen LogP contribution in [0.5, 0.6) is 0 Å². The van der Waals surface area contributed by atoms with Crippen LogP contribution in [-0.4, -0.2) is 12.8 Å². The second-order valence-corrected chi connectivity index (χ2v) is 6.19. The van der Waals surface area contributed by atoms with E-state index in [1.54, 1.807) is 0 Å². The maximum absolute atomic E-state index is 4.54. The molecule has 3 aromatic rings. The molecule has 2 heteroatoms. The summed E-state index contributed by atoms with van der Waals surface area (Å²) in [6, 6.07) is 27.4. The first-order valence-corrected chi connectivity index (χ1v) is 8.74. The molecule has 3 rings (SSSR count). The highest BCUT2D eigenvalue weighted by Crippen LogP contribution is 2.18. The van der Waals surface area contributed by atoms with Gasteiger partial charge in [0.25, 0.3) is 0 Å². The predicted molar refractivity (Wildman–Crippen MR) is 108 cm³/mol. The summed E-state index contributed by atoms with van der Waals surface area (Å²) in [7, 11) is 0. The zero-order chi connectivity index (χ0) is 17.5. The lowest BCUT2D eigenvalue weighted by Crippen LogP contribution is -2.21. The zero-order valence-electron chi connectivity index (χ0n) is 14.9. The molecule has 0 atom stereocenters. The molecule has 0 spiro atoms. The average Bonchev–Trinajstić information content (AvgIpc) is 2.67. The molecule has 0 bridgehead atoms. The van der Waals surface area contributed by atoms with Gasteiger partial charge in [-0.1, -0.05) is 60.2 Å². The van der Waals surface area contributed by atoms with E-state index in [0.29, 0.717) is 0 Å². The lowest BCUT2D eigenvalue weighted by molar-refractivity contribution is 0.832. The Kier molecular flexibility index (Phi) is 5.63. The van der Waals surface area contributed by atoms with E-state index in [2.05, 4.69) is 90.5 Å². The van der Waals surface area contributed by atoms with Crippen LogP contribution in [0.25, 0.3) is 0 Å². The van der Waals surface area contributed by atoms with Crippen molar-refractivity contribution in [3.05, 3.63) is 95.6 Å². The molecular formula is C23H24N2. The minimum Gasteiger partial charge on any atom is -0.367 e. The lowest BCUT2D eigenvalue weighted by Gasteiger charge is -2.23. The summed E-state index contributed by atoms with van der Waals surface area (Å²) in [5.74, 6) is 0. The Morgan fingerprint density at radius 3 is 2.16 bits per heavy atom. The molecule has 126 valence electrons. The molecule has 2 nitrogen and oxygen atoms in total. The number of nitrogens with zero attached hydrogens (tertiary/aromatic N) is 2. The molecule has 0 amide bonds. The third kappa shape index (κ3) is 4.80. The first-order valence-electron chi connectivity index (χ1n) is 8.74. The quantitative estimate of drug-likeness (QED) is 0.524. The van der Waals surface area contributed by atoms with Crippen LogP contribution in [0.15, 0.2) is 83.9 Å². The summed E-state index contributed by atoms with van der Waals surface area (Å²) in [4.78, 5) is 6.91. The van der Waals surface area contributed by atoms with E-state index in [0.717, 1.165) is 24.3 Å². The van der Waals surface area contributed by atoms with Gasteiger partial charge in [0.05, 0.1) is 5.69 Å². The summed E-state index contributed by atoms with van der Waals surface area (Å²) in [6.45, 7) is 6.18. The smallest absolute Gasteiger partial charge is 0.0630 e. The molecule has 0 heterocycles. The van der Waals surface area contributed by atoms with E-state index in [1.807, 2.05) is 18.3 Å². The van der Waals surface area contributed by atoms with Gasteiger partial charge in [0, 0.05) is 25.0 Å². The van der Waals surface area contributed by atoms with Crippen LogP contribution in [-0.2, 0) is 6.54 Å². The predicted octanol–water partition coefficient (Wildman–Crippen LogP) is 5.77. The summed E-state index contributed by atoms with van der Waals surface area (Å²) in [5.41, 5.74) is 5.91. The number of aryl methyl sites for hydroxylation is 1. The van der Waals surface area contributed by atoms with Crippen LogP contribution in [0.3, 0.4) is 0 Å². The molecule has 0 aliphatic carbocycles. The fourth-order valence-corrected chi connectivity index (χ4v) is 2.74. The summed E-state index contributed by atoms with van der Waals surface area (Å²) in [5, 5.41) is 0. The summed E-state index contributed by atoms with van der Waals surface area (Å²) < 4.78 is 0. The Morgan fingerprint density at radius 2 is 1.52 bits per heavy atom. The largest absolute Gasteiger partial charge is 0.367 e. The number of aliphatic imine (C=N–C) groups is 1. The van der Waals surface area contributed by atoms with Crippen molar-refractivity contribution in [3.63, 3.8) is 0 Å². The molecule has 0 aromatic heterocycles. The second kappa shape index (κ2) is 8.29. The van der Waals surface area contributed by atoms with Crippen LogP contribution in [0, 0.1) is 6.92 Å². The Balaban J connectivity index is 1.69. The van der Waals surface area contributed by atoms with Crippen LogP contribution in [0.1, 0.15) is 23.6 Å². The first-order chi connectivity index (χ1) is 12.2. The van der Waals surface area contributed by atoms with Gasteiger partial charge in [0.1, 0.15) is 0 Å². The van der Waals surface area contributed by atoms with Gasteiger partial charge >= 0.3 is 0 Å². The van der Waals surface area contributed by atoms with Crippen molar-refractivity contribution < 1.29 is 0 Å². The highest BCUT2D eigenvalue weighted by Gasteiger charge is 2.04. The van der Waals surface area contributed by atoms with Crippen molar-refractivity contribution in [1.82, 2.24) is 0 Å². The minimum absolute atomic E-state index is 0.925. The van der Waals surface area contributed by atoms with Crippen molar-refractivity contribution in [2.75, 3.05) is 11.4 Å². The highest BCUT2D eigenvalue weighted by molar-refractivity contribution is 5.82. The zero-order valence-corrected chi connectivity index (χ0v) is 14.9. The summed E-state index contributed by atoms with van der Waals surface area (Å²) in [6.07, 6.45) is 1.92. The fourth-order valence-electron chi connectivity index (χ4n) is 2.74. The lowest BCUT2D eigenvalue weighted by atomic mass is 10.1. The van der Waals surface area contributed by atoms with Crippen molar-refractivity contribution in [2.45, 2.75) is 20.4 Å². The van der Waals surface area contributed by atoms with Crippen molar-refractivity contribution >= 4 is 17.6 Å². The molecule has 0 fully saturated rings. The molecule has 0 aliphatic heterocycles. The van der Waals surface area contributed by atoms with Crippen LogP contribution in [0.2, 0.25) is 0 Å². The minimum atomic E-state index is 0.925. The van der Waals surface area contributed by atoms with E-state index in [1.165, 1.54) is 16.8 Å². The molecule has 0 radical (unpaired) electrons. The number of rotatable bonds is 6. The van der Waals surface area contributed by atoms with Crippen LogP contribution >= 0.6 is 0 Å². The standard InChI is InChI=1S/C23H24N2/c1-3-25(18-21-7-5-4-6-8-21)23-15-11-20(12-16-23)17-24-22-13-9-19(2)10-14-22/h4-17H,3,18H2,1-2H3. The monoisotopic (exact) mass is 328 g/mol. The van der Waals surface area contributed by atoms with Crippen molar-refractivity contribution in [2.24, 2.45) is 4.99 Å². The molecule has 0 saturated heterocycles. The van der Waals surface area contributed by atoms with Gasteiger partial charge in [-0.15, -0.1) is 0 Å². The topological polar surface area (TPSA) is 15.6 Å². The Bertz CT molecular complexity index is 803. The van der Waals surface area contributed by atoms with E-state index >= 15 is 0 Å². The number of hydrogen-bond donors (Lipinski definition) is 0. The van der Waals surface area contributed by atoms with E-state index < -0.39 is 0 Å². The third-order valence-corrected chi connectivity index (χ3v) is 4.25. The van der Waals surface area contributed by atoms with E-state index in [-0.39, 0.29) is 0 Å². The second-order valence-electron chi connectivity index (χ2n) is 6.19. The maximum atomic E-state index is 4.54. The van der Waals surface area contributed by atoms with Gasteiger partial charge in [-0.25, -0.2) is 0 Å². The number of benzene rings is 3. The molecule has 3 aromatic carbocycles. The normalized spacial score (nSPS) is 11.0. The summed E-state index contributed by atoms with van der Waals surface area (Å²) >= 11 is 0. The average molecular weight is 328 g/mol. The van der Waals surface area contributed by atoms with Gasteiger partial charge in [0.15, 0.2) is 0 Å². The van der Waals surface area contributed by atoms with Gasteiger partial charge in [-0.05, 0) is 49.2 Å². The van der Waals surface area contributed by atoms with Gasteiger partial charge < -0.3 is 4.90 Å². The molecule has 25 heavy (non-hydrogen) atoms. The molecule has 0 aliphatic rings. The van der Waals surface area contributed by atoms with Crippen molar-refractivity contribution in [3.8, 4) is 0 Å². The third-order valence-electron chi connectivity index (χ3n) is 4.25. The SMILES string of the molecule is CCN(Cc1ccccc1)c1ccc(C=Nc2ccc(C)cc2)cc1. The molecule has 0 N–H and O–H groups in total. The molecular weight excluding hydrogens is 304 g/mol. The fraction of sp³-hybridized carbons (Fsp3) is 0.174. The Labute approximate surface area is 150 Å². The number of hydrogen-bond acceptors (Lipinski definition) is 2.